The van der Waals surface area contributed by atoms with Crippen LogP contribution in [0.3, 0.4) is 0 Å². The van der Waals surface area contributed by atoms with Crippen molar-refractivity contribution in [1.82, 2.24) is 0 Å². The summed E-state index contributed by atoms with van der Waals surface area (Å²) in [6.45, 7) is 0. The van der Waals surface area contributed by atoms with Crippen LogP contribution in [-0.4, -0.2) is 25.2 Å². The summed E-state index contributed by atoms with van der Waals surface area (Å²) in [5.41, 5.74) is 1.86. The Morgan fingerprint density at radius 3 is 1.95 bits per heavy atom. The van der Waals surface area contributed by atoms with Gasteiger partial charge in [0, 0.05) is 19.8 Å². The van der Waals surface area contributed by atoms with E-state index in [2.05, 4.69) is 0 Å². The highest BCUT2D eigenvalue weighted by molar-refractivity contribution is 5.70. The highest BCUT2D eigenvalue weighted by Gasteiger charge is 2.02. The topological polar surface area (TPSA) is 49.8 Å². The van der Waals surface area contributed by atoms with Crippen LogP contribution in [0.25, 0.3) is 0 Å². The number of rotatable bonds is 5. The van der Waals surface area contributed by atoms with Gasteiger partial charge in [0.15, 0.2) is 0 Å². The number of ether oxygens (including phenoxy) is 1. The first kappa shape index (κ1) is 13.9. The molecule has 0 saturated heterocycles. The number of carboxylic acids is 1. The predicted octanol–water partition coefficient (Wildman–Crippen LogP) is 3.17. The van der Waals surface area contributed by atoms with Gasteiger partial charge in [0.05, 0.1) is 6.42 Å². The standard InChI is InChI=1S/C16H17NO3/c1-17(2)13-5-9-15(10-6-13)20-14-7-3-12(4-8-14)11-16(18)19/h3-10H,11H2,1-2H3,(H,18,19). The summed E-state index contributed by atoms with van der Waals surface area (Å²) < 4.78 is 5.71. The Kier molecular flexibility index (Phi) is 4.25. The van der Waals surface area contributed by atoms with Gasteiger partial charge in [0.2, 0.25) is 0 Å². The van der Waals surface area contributed by atoms with Gasteiger partial charge in [0.25, 0.3) is 0 Å². The molecule has 0 heterocycles. The fourth-order valence-corrected chi connectivity index (χ4v) is 1.80. The largest absolute Gasteiger partial charge is 0.481 e. The summed E-state index contributed by atoms with van der Waals surface area (Å²) in [4.78, 5) is 12.6. The molecule has 0 bridgehead atoms. The van der Waals surface area contributed by atoms with Gasteiger partial charge in [-0.2, -0.15) is 0 Å². The molecule has 0 aliphatic carbocycles. The van der Waals surface area contributed by atoms with Crippen LogP contribution in [0.5, 0.6) is 11.5 Å². The minimum atomic E-state index is -0.835. The zero-order chi connectivity index (χ0) is 14.5. The predicted molar refractivity (Wildman–Crippen MR) is 78.6 cm³/mol. The third-order valence-electron chi connectivity index (χ3n) is 2.87. The molecule has 0 atom stereocenters. The maximum atomic E-state index is 10.6. The molecule has 0 radical (unpaired) electrons. The molecule has 4 nitrogen and oxygen atoms in total. The van der Waals surface area contributed by atoms with Crippen molar-refractivity contribution < 1.29 is 14.6 Å². The highest BCUT2D eigenvalue weighted by atomic mass is 16.5. The number of hydrogen-bond acceptors (Lipinski definition) is 3. The first-order chi connectivity index (χ1) is 9.54. The lowest BCUT2D eigenvalue weighted by Gasteiger charge is -2.13. The summed E-state index contributed by atoms with van der Waals surface area (Å²) in [5, 5.41) is 8.71. The number of anilines is 1. The van der Waals surface area contributed by atoms with Crippen LogP contribution in [0, 0.1) is 0 Å². The lowest BCUT2D eigenvalue weighted by molar-refractivity contribution is -0.136. The van der Waals surface area contributed by atoms with Crippen LogP contribution in [0.15, 0.2) is 48.5 Å². The van der Waals surface area contributed by atoms with Crippen LogP contribution in [0.1, 0.15) is 5.56 Å². The lowest BCUT2D eigenvalue weighted by atomic mass is 10.1. The van der Waals surface area contributed by atoms with Gasteiger partial charge >= 0.3 is 5.97 Å². The highest BCUT2D eigenvalue weighted by Crippen LogP contribution is 2.24. The fraction of sp³-hybridized carbons (Fsp3) is 0.188. The molecule has 0 aliphatic heterocycles. The van der Waals surface area contributed by atoms with Crippen molar-refractivity contribution >= 4 is 11.7 Å². The van der Waals surface area contributed by atoms with E-state index in [4.69, 9.17) is 9.84 Å². The van der Waals surface area contributed by atoms with Gasteiger partial charge in [-0.3, -0.25) is 4.79 Å². The molecule has 2 rings (SSSR count). The first-order valence-corrected chi connectivity index (χ1v) is 6.30. The SMILES string of the molecule is CN(C)c1ccc(Oc2ccc(CC(=O)O)cc2)cc1. The molecule has 2 aromatic carbocycles. The van der Waals surface area contributed by atoms with E-state index in [1.165, 1.54) is 0 Å². The van der Waals surface area contributed by atoms with E-state index < -0.39 is 5.97 Å². The summed E-state index contributed by atoms with van der Waals surface area (Å²) in [6, 6.07) is 14.8. The number of nitrogens with zero attached hydrogens (tertiary/aromatic N) is 1. The Labute approximate surface area is 118 Å². The number of hydrogen-bond donors (Lipinski definition) is 1. The molecule has 0 aliphatic rings. The molecule has 0 aromatic heterocycles. The number of benzene rings is 2. The maximum absolute atomic E-state index is 10.6. The summed E-state index contributed by atoms with van der Waals surface area (Å²) >= 11 is 0. The van der Waals surface area contributed by atoms with Crippen LogP contribution in [0.2, 0.25) is 0 Å². The second-order valence-corrected chi connectivity index (χ2v) is 4.70. The molecular formula is C16H17NO3. The number of aliphatic carboxylic acids is 1. The average Bonchev–Trinajstić information content (AvgIpc) is 2.41. The molecule has 0 saturated carbocycles. The molecule has 4 heteroatoms. The normalized spacial score (nSPS) is 10.1. The average molecular weight is 271 g/mol. The molecule has 0 fully saturated rings. The smallest absolute Gasteiger partial charge is 0.307 e. The quantitative estimate of drug-likeness (QED) is 0.907. The van der Waals surface area contributed by atoms with Gasteiger partial charge in [-0.05, 0) is 42.0 Å². The van der Waals surface area contributed by atoms with Crippen LogP contribution < -0.4 is 9.64 Å². The number of carboxylic acid groups (broad SMARTS) is 1. The van der Waals surface area contributed by atoms with E-state index in [0.717, 1.165) is 17.0 Å². The Bertz CT molecular complexity index is 574. The second-order valence-electron chi connectivity index (χ2n) is 4.70. The van der Waals surface area contributed by atoms with E-state index in [9.17, 15) is 4.79 Å². The molecule has 104 valence electrons. The Balaban J connectivity index is 2.04. The van der Waals surface area contributed by atoms with Crippen LogP contribution in [-0.2, 0) is 11.2 Å². The molecular weight excluding hydrogens is 254 g/mol. The van der Waals surface area contributed by atoms with Gasteiger partial charge in [-0.25, -0.2) is 0 Å². The van der Waals surface area contributed by atoms with Gasteiger partial charge in [-0.1, -0.05) is 12.1 Å². The van der Waals surface area contributed by atoms with Crippen molar-refractivity contribution in [3.8, 4) is 11.5 Å². The molecule has 0 spiro atoms. The van der Waals surface area contributed by atoms with E-state index in [1.54, 1.807) is 24.3 Å². The van der Waals surface area contributed by atoms with Gasteiger partial charge in [0.1, 0.15) is 11.5 Å². The third kappa shape index (κ3) is 3.75. The van der Waals surface area contributed by atoms with Crippen molar-refractivity contribution in [2.24, 2.45) is 0 Å². The molecule has 0 unspecified atom stereocenters. The van der Waals surface area contributed by atoms with Crippen molar-refractivity contribution in [3.63, 3.8) is 0 Å². The third-order valence-corrected chi connectivity index (χ3v) is 2.87. The molecule has 2 aromatic rings. The maximum Gasteiger partial charge on any atom is 0.307 e. The molecule has 20 heavy (non-hydrogen) atoms. The van der Waals surface area contributed by atoms with E-state index in [1.807, 2.05) is 43.3 Å². The van der Waals surface area contributed by atoms with Gasteiger partial charge < -0.3 is 14.7 Å². The van der Waals surface area contributed by atoms with E-state index >= 15 is 0 Å². The summed E-state index contributed by atoms with van der Waals surface area (Å²) in [6.07, 6.45) is 0.0256. The van der Waals surface area contributed by atoms with Crippen molar-refractivity contribution in [2.75, 3.05) is 19.0 Å². The minimum Gasteiger partial charge on any atom is -0.481 e. The zero-order valence-corrected chi connectivity index (χ0v) is 11.5. The van der Waals surface area contributed by atoms with Crippen molar-refractivity contribution in [2.45, 2.75) is 6.42 Å². The second kappa shape index (κ2) is 6.10. The molecule has 0 amide bonds. The van der Waals surface area contributed by atoms with E-state index in [-0.39, 0.29) is 6.42 Å². The van der Waals surface area contributed by atoms with Gasteiger partial charge in [-0.15, -0.1) is 0 Å². The van der Waals surface area contributed by atoms with E-state index in [0.29, 0.717) is 5.75 Å². The zero-order valence-electron chi connectivity index (χ0n) is 11.5. The number of carbonyl (C=O) groups is 1. The summed E-state index contributed by atoms with van der Waals surface area (Å²) in [5.74, 6) is 0.608. The van der Waals surface area contributed by atoms with Crippen LogP contribution in [0.4, 0.5) is 5.69 Å². The van der Waals surface area contributed by atoms with Crippen LogP contribution >= 0.6 is 0 Å². The van der Waals surface area contributed by atoms with Crippen molar-refractivity contribution in [1.29, 1.82) is 0 Å². The Morgan fingerprint density at radius 2 is 1.50 bits per heavy atom. The van der Waals surface area contributed by atoms with Crippen molar-refractivity contribution in [3.05, 3.63) is 54.1 Å². The monoisotopic (exact) mass is 271 g/mol. The fourth-order valence-electron chi connectivity index (χ4n) is 1.80. The molecule has 1 N–H and O–H groups in total. The minimum absolute atomic E-state index is 0.0256. The Hall–Kier alpha value is -2.49. The summed E-state index contributed by atoms with van der Waals surface area (Å²) in [7, 11) is 3.97. The Morgan fingerprint density at radius 1 is 1.00 bits per heavy atom. The first-order valence-electron chi connectivity index (χ1n) is 6.30. The lowest BCUT2D eigenvalue weighted by Crippen LogP contribution is -2.07.